The Morgan fingerprint density at radius 3 is 3.15 bits per heavy atom. The largest absolute Gasteiger partial charge is 0.385 e. The highest BCUT2D eigenvalue weighted by molar-refractivity contribution is 7.97. The van der Waals surface area contributed by atoms with Gasteiger partial charge in [0.2, 0.25) is 0 Å². The monoisotopic (exact) mass is 201 g/mol. The zero-order valence-electron chi connectivity index (χ0n) is 8.25. The first-order valence-corrected chi connectivity index (χ1v) is 5.81. The first-order valence-electron chi connectivity index (χ1n) is 4.42. The summed E-state index contributed by atoms with van der Waals surface area (Å²) in [5.74, 6) is 2.30. The average Bonchev–Trinajstić information content (AvgIpc) is 2.54. The number of aryl methyl sites for hydroxylation is 1. The zero-order chi connectivity index (χ0) is 9.52. The molecule has 0 unspecified atom stereocenters. The Morgan fingerprint density at radius 1 is 1.62 bits per heavy atom. The number of nitrogens with zero attached hydrogens (tertiary/aromatic N) is 1. The van der Waals surface area contributed by atoms with Crippen molar-refractivity contribution < 1.29 is 9.30 Å². The molecule has 0 amide bonds. The van der Waals surface area contributed by atoms with E-state index in [0.717, 1.165) is 25.3 Å². The molecule has 0 bridgehead atoms. The van der Waals surface area contributed by atoms with Crippen LogP contribution in [-0.4, -0.2) is 25.0 Å². The third-order valence-corrected chi connectivity index (χ3v) is 2.42. The van der Waals surface area contributed by atoms with Crippen LogP contribution in [0, 0.1) is 0 Å². The third-order valence-electron chi connectivity index (χ3n) is 1.88. The van der Waals surface area contributed by atoms with Crippen LogP contribution in [0.4, 0.5) is 0 Å². The quantitative estimate of drug-likeness (QED) is 0.553. The molecule has 74 valence electrons. The molecule has 0 fully saturated rings. The average molecular weight is 201 g/mol. The number of aromatic nitrogens is 2. The van der Waals surface area contributed by atoms with Gasteiger partial charge in [-0.3, -0.25) is 0 Å². The highest BCUT2D eigenvalue weighted by Crippen LogP contribution is 1.97. The molecule has 0 aromatic carbocycles. The number of H-pyrrole nitrogens is 1. The van der Waals surface area contributed by atoms with Crippen LogP contribution < -0.4 is 4.57 Å². The second kappa shape index (κ2) is 6.05. The van der Waals surface area contributed by atoms with E-state index in [0.29, 0.717) is 0 Å². The van der Waals surface area contributed by atoms with Crippen LogP contribution in [0.1, 0.15) is 12.2 Å². The molecule has 1 aromatic heterocycles. The molecular formula is C9H17N2OS+. The van der Waals surface area contributed by atoms with E-state index in [-0.39, 0.29) is 0 Å². The topological polar surface area (TPSA) is 28.9 Å². The van der Waals surface area contributed by atoms with E-state index in [1.165, 1.54) is 5.82 Å². The molecule has 4 heteroatoms. The molecule has 1 heterocycles. The molecule has 0 saturated carbocycles. The van der Waals surface area contributed by atoms with Gasteiger partial charge in [-0.05, 0) is 12.7 Å². The molecule has 1 N–H and O–H groups in total. The maximum atomic E-state index is 5.01. The van der Waals surface area contributed by atoms with Crippen LogP contribution >= 0.6 is 11.8 Å². The Kier molecular flexibility index (Phi) is 4.93. The number of hydrogen-bond donors (Lipinski definition) is 1. The summed E-state index contributed by atoms with van der Waals surface area (Å²) in [6, 6.07) is 0. The Morgan fingerprint density at radius 2 is 2.46 bits per heavy atom. The summed E-state index contributed by atoms with van der Waals surface area (Å²) in [6.45, 7) is 0.832. The molecule has 13 heavy (non-hydrogen) atoms. The van der Waals surface area contributed by atoms with E-state index < -0.39 is 0 Å². The van der Waals surface area contributed by atoms with Crippen molar-refractivity contribution in [3.05, 3.63) is 18.2 Å². The molecule has 0 spiro atoms. The Labute approximate surface area is 83.5 Å². The normalized spacial score (nSPS) is 10.6. The molecule has 1 aromatic rings. The first-order chi connectivity index (χ1) is 6.38. The molecule has 0 aliphatic heterocycles. The van der Waals surface area contributed by atoms with Gasteiger partial charge in [0, 0.05) is 13.7 Å². The first kappa shape index (κ1) is 10.6. The molecule has 0 radical (unpaired) electrons. The molecule has 3 nitrogen and oxygen atoms in total. The highest BCUT2D eigenvalue weighted by Gasteiger charge is 2.08. The zero-order valence-corrected chi connectivity index (χ0v) is 9.06. The van der Waals surface area contributed by atoms with Gasteiger partial charge in [-0.25, -0.2) is 9.55 Å². The smallest absolute Gasteiger partial charge is 0.254 e. The van der Waals surface area contributed by atoms with Gasteiger partial charge in [0.1, 0.15) is 18.3 Å². The lowest BCUT2D eigenvalue weighted by Gasteiger charge is -1.98. The number of imidazole rings is 1. The van der Waals surface area contributed by atoms with E-state index in [2.05, 4.69) is 22.0 Å². The van der Waals surface area contributed by atoms with Gasteiger partial charge in [0.05, 0.1) is 6.42 Å². The maximum absolute atomic E-state index is 5.01. The second-order valence-corrected chi connectivity index (χ2v) is 3.73. The Balaban J connectivity index is 2.40. The lowest BCUT2D eigenvalue weighted by atomic mass is 10.3. The van der Waals surface area contributed by atoms with Gasteiger partial charge in [0.25, 0.3) is 5.82 Å². The van der Waals surface area contributed by atoms with Crippen LogP contribution in [0.25, 0.3) is 0 Å². The van der Waals surface area contributed by atoms with Gasteiger partial charge >= 0.3 is 0 Å². The van der Waals surface area contributed by atoms with Gasteiger partial charge in [-0.15, -0.1) is 11.8 Å². The lowest BCUT2D eigenvalue weighted by molar-refractivity contribution is -0.682. The lowest BCUT2D eigenvalue weighted by Crippen LogP contribution is -2.34. The molecule has 0 atom stereocenters. The molecule has 0 saturated heterocycles. The van der Waals surface area contributed by atoms with Crippen molar-refractivity contribution in [1.82, 2.24) is 4.98 Å². The number of ether oxygens (including phenoxy) is 1. The van der Waals surface area contributed by atoms with Gasteiger partial charge in [-0.1, -0.05) is 0 Å². The number of hydrogen-bond acceptors (Lipinski definition) is 2. The fourth-order valence-corrected chi connectivity index (χ4v) is 1.78. The van der Waals surface area contributed by atoms with Crippen molar-refractivity contribution in [1.29, 1.82) is 0 Å². The van der Waals surface area contributed by atoms with Crippen molar-refractivity contribution in [3.63, 3.8) is 0 Å². The predicted octanol–water partition coefficient (Wildman–Crippen LogP) is 1.20. The van der Waals surface area contributed by atoms with Crippen LogP contribution in [0.2, 0.25) is 0 Å². The maximum Gasteiger partial charge on any atom is 0.254 e. The summed E-state index contributed by atoms with van der Waals surface area (Å²) < 4.78 is 7.25. The Bertz CT molecular complexity index is 237. The molecule has 0 aliphatic carbocycles. The summed E-state index contributed by atoms with van der Waals surface area (Å²) in [5.41, 5.74) is 0. The van der Waals surface area contributed by atoms with Gasteiger partial charge in [-0.2, -0.15) is 0 Å². The third kappa shape index (κ3) is 3.40. The number of aromatic amines is 1. The van der Waals surface area contributed by atoms with Gasteiger partial charge < -0.3 is 4.74 Å². The summed E-state index contributed by atoms with van der Waals surface area (Å²) >= 11 is 1.82. The Hall–Kier alpha value is -0.480. The van der Waals surface area contributed by atoms with Crippen LogP contribution in [0.3, 0.4) is 0 Å². The van der Waals surface area contributed by atoms with E-state index >= 15 is 0 Å². The van der Waals surface area contributed by atoms with Crippen LogP contribution in [-0.2, 0) is 17.0 Å². The van der Waals surface area contributed by atoms with Crippen LogP contribution in [0.15, 0.2) is 12.4 Å². The minimum absolute atomic E-state index is 0.832. The van der Waals surface area contributed by atoms with Crippen LogP contribution in [0.5, 0.6) is 0 Å². The SMILES string of the molecule is COCCCc1[nH]cc[n+]1CSC. The summed E-state index contributed by atoms with van der Waals surface area (Å²) in [5, 5.41) is 0. The van der Waals surface area contributed by atoms with Gasteiger partial charge in [0.15, 0.2) is 0 Å². The summed E-state index contributed by atoms with van der Waals surface area (Å²) in [6.07, 6.45) is 8.31. The predicted molar refractivity (Wildman–Crippen MR) is 54.7 cm³/mol. The van der Waals surface area contributed by atoms with Crippen molar-refractivity contribution in [2.45, 2.75) is 18.7 Å². The van der Waals surface area contributed by atoms with Crippen molar-refractivity contribution >= 4 is 11.8 Å². The van der Waals surface area contributed by atoms with Crippen molar-refractivity contribution in [2.75, 3.05) is 20.0 Å². The molecule has 1 rings (SSSR count). The number of thioether (sulfide) groups is 1. The van der Waals surface area contributed by atoms with Crippen molar-refractivity contribution in [2.24, 2.45) is 0 Å². The molecular weight excluding hydrogens is 184 g/mol. The number of methoxy groups -OCH3 is 1. The summed E-state index contributed by atoms with van der Waals surface area (Å²) in [7, 11) is 1.74. The van der Waals surface area contributed by atoms with E-state index in [1.807, 2.05) is 18.0 Å². The minimum Gasteiger partial charge on any atom is -0.385 e. The number of nitrogens with one attached hydrogen (secondary N) is 1. The molecule has 0 aliphatic rings. The second-order valence-electron chi connectivity index (χ2n) is 2.89. The highest BCUT2D eigenvalue weighted by atomic mass is 32.2. The minimum atomic E-state index is 0.832. The van der Waals surface area contributed by atoms with E-state index in [4.69, 9.17) is 4.74 Å². The van der Waals surface area contributed by atoms with Crippen molar-refractivity contribution in [3.8, 4) is 0 Å². The fraction of sp³-hybridized carbons (Fsp3) is 0.667. The fourth-order valence-electron chi connectivity index (χ4n) is 1.26. The number of rotatable bonds is 6. The standard InChI is InChI=1S/C9H16N2OS/c1-12-7-3-4-9-10-5-6-11(9)8-13-2/h5-6H,3-4,7-8H2,1-2H3/p+1. The van der Waals surface area contributed by atoms with E-state index in [1.54, 1.807) is 7.11 Å². The van der Waals surface area contributed by atoms with E-state index in [9.17, 15) is 0 Å². The summed E-state index contributed by atoms with van der Waals surface area (Å²) in [4.78, 5) is 3.24.